The maximum atomic E-state index is 12.5. The highest BCUT2D eigenvalue weighted by Gasteiger charge is 2.12. The van der Waals surface area contributed by atoms with E-state index < -0.39 is 0 Å². The lowest BCUT2D eigenvalue weighted by molar-refractivity contribution is 0.101. The minimum Gasteiger partial charge on any atom is -0.496 e. The highest BCUT2D eigenvalue weighted by Crippen LogP contribution is 2.21. The van der Waals surface area contributed by atoms with Gasteiger partial charge in [-0.3, -0.25) is 9.59 Å². The van der Waals surface area contributed by atoms with E-state index in [1.165, 1.54) is 25.4 Å². The van der Waals surface area contributed by atoms with E-state index in [4.69, 9.17) is 10.00 Å². The molecule has 0 aliphatic rings. The van der Waals surface area contributed by atoms with Crippen molar-refractivity contribution >= 4 is 23.2 Å². The van der Waals surface area contributed by atoms with Crippen LogP contribution in [0.15, 0.2) is 66.9 Å². The van der Waals surface area contributed by atoms with Gasteiger partial charge in [-0.15, -0.1) is 0 Å². The maximum absolute atomic E-state index is 12.5. The van der Waals surface area contributed by atoms with Crippen LogP contribution in [0.1, 0.15) is 26.4 Å². The van der Waals surface area contributed by atoms with E-state index in [1.807, 2.05) is 6.07 Å². The average Bonchev–Trinajstić information content (AvgIpc) is 2.74. The number of pyridine rings is 1. The lowest BCUT2D eigenvalue weighted by atomic mass is 10.1. The standard InChI is InChI=1S/C21H16N4O3/c1-28-19-8-3-2-7-18(19)21(27)25-16-6-4-5-15(11-16)24-20(26)14-9-10-17(12-22)23-13-14/h2-11,13H,1H3,(H,24,26)(H,25,27). The van der Waals surface area contributed by atoms with Gasteiger partial charge in [0, 0.05) is 17.6 Å². The molecule has 0 saturated carbocycles. The molecule has 138 valence electrons. The Labute approximate surface area is 161 Å². The van der Waals surface area contributed by atoms with Crippen LogP contribution in [0.3, 0.4) is 0 Å². The quantitative estimate of drug-likeness (QED) is 0.714. The summed E-state index contributed by atoms with van der Waals surface area (Å²) in [6.45, 7) is 0. The van der Waals surface area contributed by atoms with Gasteiger partial charge in [-0.1, -0.05) is 18.2 Å². The number of amides is 2. The zero-order chi connectivity index (χ0) is 19.9. The van der Waals surface area contributed by atoms with E-state index in [0.717, 1.165) is 0 Å². The van der Waals surface area contributed by atoms with Gasteiger partial charge in [0.2, 0.25) is 0 Å². The number of carbonyl (C=O) groups is 2. The molecule has 0 bridgehead atoms. The van der Waals surface area contributed by atoms with Crippen molar-refractivity contribution in [2.24, 2.45) is 0 Å². The first kappa shape index (κ1) is 18.6. The summed E-state index contributed by atoms with van der Waals surface area (Å²) >= 11 is 0. The zero-order valence-corrected chi connectivity index (χ0v) is 15.0. The molecule has 1 heterocycles. The Kier molecular flexibility index (Phi) is 5.63. The summed E-state index contributed by atoms with van der Waals surface area (Å²) in [5.41, 5.74) is 1.99. The fourth-order valence-corrected chi connectivity index (χ4v) is 2.50. The predicted molar refractivity (Wildman–Crippen MR) is 104 cm³/mol. The van der Waals surface area contributed by atoms with Crippen LogP contribution >= 0.6 is 0 Å². The van der Waals surface area contributed by atoms with Crippen molar-refractivity contribution in [1.29, 1.82) is 5.26 Å². The number of para-hydroxylation sites is 1. The van der Waals surface area contributed by atoms with Crippen LogP contribution in [0.4, 0.5) is 11.4 Å². The van der Waals surface area contributed by atoms with Crippen LogP contribution in [0.2, 0.25) is 0 Å². The second-order valence-electron chi connectivity index (χ2n) is 5.73. The van der Waals surface area contributed by atoms with Crippen LogP contribution < -0.4 is 15.4 Å². The van der Waals surface area contributed by atoms with Gasteiger partial charge in [-0.05, 0) is 42.5 Å². The average molecular weight is 372 g/mol. The summed E-state index contributed by atoms with van der Waals surface area (Å²) in [4.78, 5) is 28.7. The first-order valence-corrected chi connectivity index (χ1v) is 8.32. The monoisotopic (exact) mass is 372 g/mol. The zero-order valence-electron chi connectivity index (χ0n) is 15.0. The van der Waals surface area contributed by atoms with Gasteiger partial charge in [0.25, 0.3) is 11.8 Å². The normalized spacial score (nSPS) is 9.86. The van der Waals surface area contributed by atoms with E-state index in [2.05, 4.69) is 15.6 Å². The summed E-state index contributed by atoms with van der Waals surface area (Å²) < 4.78 is 5.20. The number of rotatable bonds is 5. The van der Waals surface area contributed by atoms with Crippen LogP contribution in [0.5, 0.6) is 5.75 Å². The Hall–Kier alpha value is -4.18. The number of hydrogen-bond acceptors (Lipinski definition) is 5. The molecular formula is C21H16N4O3. The molecule has 2 amide bonds. The first-order chi connectivity index (χ1) is 13.6. The number of methoxy groups -OCH3 is 1. The molecular weight excluding hydrogens is 356 g/mol. The van der Waals surface area contributed by atoms with Crippen molar-refractivity contribution in [2.75, 3.05) is 17.7 Å². The highest BCUT2D eigenvalue weighted by atomic mass is 16.5. The van der Waals surface area contributed by atoms with Gasteiger partial charge in [0.15, 0.2) is 0 Å². The topological polar surface area (TPSA) is 104 Å². The molecule has 3 aromatic rings. The predicted octanol–water partition coefficient (Wildman–Crippen LogP) is 3.47. The van der Waals surface area contributed by atoms with Gasteiger partial charge in [0.05, 0.1) is 18.2 Å². The van der Waals surface area contributed by atoms with Crippen molar-refractivity contribution in [3.05, 3.63) is 83.7 Å². The van der Waals surface area contributed by atoms with Gasteiger partial charge in [-0.2, -0.15) is 5.26 Å². The number of hydrogen-bond donors (Lipinski definition) is 2. The molecule has 28 heavy (non-hydrogen) atoms. The third-order valence-corrected chi connectivity index (χ3v) is 3.87. The highest BCUT2D eigenvalue weighted by molar-refractivity contribution is 6.07. The first-order valence-electron chi connectivity index (χ1n) is 8.32. The van der Waals surface area contributed by atoms with Gasteiger partial charge >= 0.3 is 0 Å². The largest absolute Gasteiger partial charge is 0.496 e. The molecule has 0 fully saturated rings. The molecule has 7 heteroatoms. The number of nitrogens with zero attached hydrogens (tertiary/aromatic N) is 2. The van der Waals surface area contributed by atoms with Crippen LogP contribution in [-0.2, 0) is 0 Å². The van der Waals surface area contributed by atoms with E-state index >= 15 is 0 Å². The lowest BCUT2D eigenvalue weighted by Crippen LogP contribution is -2.14. The number of carbonyl (C=O) groups excluding carboxylic acids is 2. The molecule has 0 spiro atoms. The number of nitriles is 1. The molecule has 7 nitrogen and oxygen atoms in total. The summed E-state index contributed by atoms with van der Waals surface area (Å²) in [5, 5.41) is 14.3. The van der Waals surface area contributed by atoms with Crippen molar-refractivity contribution in [3.8, 4) is 11.8 Å². The van der Waals surface area contributed by atoms with Crippen LogP contribution in [0.25, 0.3) is 0 Å². The SMILES string of the molecule is COc1ccccc1C(=O)Nc1cccc(NC(=O)c2ccc(C#N)nc2)c1. The molecule has 0 aliphatic heterocycles. The van der Waals surface area contributed by atoms with Crippen molar-refractivity contribution in [2.45, 2.75) is 0 Å². The maximum Gasteiger partial charge on any atom is 0.259 e. The molecule has 0 saturated heterocycles. The van der Waals surface area contributed by atoms with Crippen molar-refractivity contribution < 1.29 is 14.3 Å². The number of anilines is 2. The number of benzene rings is 2. The smallest absolute Gasteiger partial charge is 0.259 e. The van der Waals surface area contributed by atoms with Gasteiger partial charge in [-0.25, -0.2) is 4.98 Å². The fraction of sp³-hybridized carbons (Fsp3) is 0.0476. The van der Waals surface area contributed by atoms with Crippen LogP contribution in [-0.4, -0.2) is 23.9 Å². The summed E-state index contributed by atoms with van der Waals surface area (Å²) in [6.07, 6.45) is 1.33. The minimum atomic E-state index is -0.370. The Morgan fingerprint density at radius 2 is 1.68 bits per heavy atom. The fourth-order valence-electron chi connectivity index (χ4n) is 2.50. The molecule has 1 aromatic heterocycles. The molecule has 0 aliphatic carbocycles. The van der Waals surface area contributed by atoms with Gasteiger partial charge in [0.1, 0.15) is 17.5 Å². The summed E-state index contributed by atoms with van der Waals surface area (Å²) in [6, 6.07) is 18.6. The Morgan fingerprint density at radius 3 is 2.32 bits per heavy atom. The van der Waals surface area contributed by atoms with E-state index in [1.54, 1.807) is 48.5 Å². The second kappa shape index (κ2) is 8.47. The summed E-state index contributed by atoms with van der Waals surface area (Å²) in [5.74, 6) is -0.222. The van der Waals surface area contributed by atoms with Gasteiger partial charge < -0.3 is 15.4 Å². The number of nitrogens with one attached hydrogen (secondary N) is 2. The third kappa shape index (κ3) is 4.31. The molecule has 0 atom stereocenters. The Balaban J connectivity index is 1.72. The molecule has 2 N–H and O–H groups in total. The van der Waals surface area contributed by atoms with Crippen molar-refractivity contribution in [1.82, 2.24) is 4.98 Å². The number of ether oxygens (including phenoxy) is 1. The summed E-state index contributed by atoms with van der Waals surface area (Å²) in [7, 11) is 1.50. The van der Waals surface area contributed by atoms with E-state index in [-0.39, 0.29) is 17.5 Å². The van der Waals surface area contributed by atoms with Crippen molar-refractivity contribution in [3.63, 3.8) is 0 Å². The molecule has 0 radical (unpaired) electrons. The third-order valence-electron chi connectivity index (χ3n) is 3.87. The second-order valence-corrected chi connectivity index (χ2v) is 5.73. The molecule has 2 aromatic carbocycles. The lowest BCUT2D eigenvalue weighted by Gasteiger charge is -2.11. The van der Waals surface area contributed by atoms with E-state index in [0.29, 0.717) is 28.3 Å². The van der Waals surface area contributed by atoms with Crippen LogP contribution in [0, 0.1) is 11.3 Å². The molecule has 0 unspecified atom stereocenters. The minimum absolute atomic E-state index is 0.234. The Bertz CT molecular complexity index is 1060. The van der Waals surface area contributed by atoms with E-state index in [9.17, 15) is 9.59 Å². The molecule has 3 rings (SSSR count). The Morgan fingerprint density at radius 1 is 0.964 bits per heavy atom. The number of aromatic nitrogens is 1.